The molecule has 0 spiro atoms. The highest BCUT2D eigenvalue weighted by Gasteiger charge is 1.83. The lowest BCUT2D eigenvalue weighted by atomic mass is 11.0. The Morgan fingerprint density at radius 1 is 1.67 bits per heavy atom. The highest BCUT2D eigenvalue weighted by Crippen LogP contribution is 2.01. The van der Waals surface area contributed by atoms with Crippen molar-refractivity contribution in [2.24, 2.45) is 0 Å². The maximum atomic E-state index is 4.57. The molecule has 6 heavy (non-hydrogen) atoms. The van der Waals surface area contributed by atoms with Crippen LogP contribution in [0.5, 0.6) is 0 Å². The molecule has 2 nitrogen and oxygen atoms in total. The Hall–Kier alpha value is 0.120. The van der Waals surface area contributed by atoms with Gasteiger partial charge in [0.15, 0.2) is 12.2 Å². The van der Waals surface area contributed by atoms with Crippen molar-refractivity contribution in [3.05, 3.63) is 12.5 Å². The monoisotopic (exact) mass is 120 g/mol. The van der Waals surface area contributed by atoms with Crippen LogP contribution in [0.25, 0.3) is 0 Å². The molecule has 33 valence electrons. The van der Waals surface area contributed by atoms with Crippen LogP contribution in [0, 0.1) is 0 Å². The molecule has 1 aliphatic heterocycles. The van der Waals surface area contributed by atoms with Gasteiger partial charge in [-0.15, -0.1) is 0 Å². The summed E-state index contributed by atoms with van der Waals surface area (Å²) in [5, 5.41) is 0. The second-order valence-electron chi connectivity index (χ2n) is 0.600. The molecule has 4 heteroatoms. The number of hydrogen-bond donors (Lipinski definition) is 1. The summed E-state index contributed by atoms with van der Waals surface area (Å²) in [4.78, 5) is 0. The van der Waals surface area contributed by atoms with Gasteiger partial charge in [0.2, 0.25) is 0 Å². The van der Waals surface area contributed by atoms with E-state index in [9.17, 15) is 0 Å². The van der Waals surface area contributed by atoms with Gasteiger partial charge in [-0.05, 0) is 0 Å². The molecule has 0 aromatic heterocycles. The third kappa shape index (κ3) is 1.53. The van der Waals surface area contributed by atoms with Gasteiger partial charge in [0.05, 0.1) is 0 Å². The van der Waals surface area contributed by atoms with Crippen molar-refractivity contribution in [3.63, 3.8) is 0 Å². The van der Waals surface area contributed by atoms with E-state index in [1.54, 1.807) is 12.5 Å². The second-order valence-corrected chi connectivity index (χ2v) is 1.19. The fourth-order valence-electron chi connectivity index (χ4n) is 0.139. The summed E-state index contributed by atoms with van der Waals surface area (Å²) in [6, 6.07) is 0. The lowest BCUT2D eigenvalue weighted by Crippen LogP contribution is -1.77. The molecule has 0 aromatic rings. The van der Waals surface area contributed by atoms with Crippen LogP contribution in [0.1, 0.15) is 0 Å². The van der Waals surface area contributed by atoms with Crippen molar-refractivity contribution in [1.29, 1.82) is 0 Å². The highest BCUT2D eigenvalue weighted by molar-refractivity contribution is 7.93. The van der Waals surface area contributed by atoms with Gasteiger partial charge < -0.3 is 8.91 Å². The Morgan fingerprint density at radius 3 is 2.67 bits per heavy atom. The van der Waals surface area contributed by atoms with Gasteiger partial charge in [-0.1, -0.05) is 0 Å². The first-order valence-electron chi connectivity index (χ1n) is 1.23. The number of rotatable bonds is 0. The van der Waals surface area contributed by atoms with Crippen molar-refractivity contribution >= 4 is 22.1 Å². The largest absolute Gasteiger partial charge is 0.412 e. The van der Waals surface area contributed by atoms with Gasteiger partial charge in [0.1, 0.15) is 6.26 Å². The molecule has 1 N–H and O–H groups in total. The van der Waals surface area contributed by atoms with Gasteiger partial charge in [-0.2, -0.15) is 0 Å². The lowest BCUT2D eigenvalue weighted by Gasteiger charge is -1.77. The lowest BCUT2D eigenvalue weighted by molar-refractivity contribution is 0.578. The Balaban J connectivity index is 0.000000250. The van der Waals surface area contributed by atoms with Crippen LogP contribution in [-0.4, -0.2) is 0 Å². The average molecular weight is 120 g/mol. The summed E-state index contributed by atoms with van der Waals surface area (Å²) < 4.78 is 7.31. The smallest absolute Gasteiger partial charge is 0.175 e. The minimum Gasteiger partial charge on any atom is -0.412 e. The molecule has 1 rings (SSSR count). The third-order valence-electron chi connectivity index (χ3n) is 0.288. The topological polar surface area (TPSA) is 21.3 Å². The summed E-state index contributed by atoms with van der Waals surface area (Å²) >= 11 is 1.21. The van der Waals surface area contributed by atoms with Gasteiger partial charge in [0, 0.05) is 16.1 Å². The molecule has 0 atom stereocenters. The van der Waals surface area contributed by atoms with Crippen LogP contribution in [0.3, 0.4) is 0 Å². The van der Waals surface area contributed by atoms with E-state index in [1.165, 1.54) is 12.2 Å². The molecule has 0 unspecified atom stereocenters. The Kier molecular flexibility index (Phi) is 3.38. The van der Waals surface area contributed by atoms with Crippen LogP contribution in [-0.2, 0) is 4.18 Å². The minimum absolute atomic E-state index is 0. The van der Waals surface area contributed by atoms with Crippen molar-refractivity contribution in [2.45, 2.75) is 0 Å². The fourth-order valence-corrected chi connectivity index (χ4v) is 0.417. The molecule has 0 amide bonds. The summed E-state index contributed by atoms with van der Waals surface area (Å²) in [6.45, 7) is 0. The minimum atomic E-state index is 0. The van der Waals surface area contributed by atoms with Gasteiger partial charge >= 0.3 is 0 Å². The van der Waals surface area contributed by atoms with E-state index in [4.69, 9.17) is 0 Å². The highest BCUT2D eigenvalue weighted by atomic mass is 32.2. The second kappa shape index (κ2) is 3.32. The molecule has 3 radical (unpaired) electrons. The molecular weight excluding hydrogens is 117 g/mol. The van der Waals surface area contributed by atoms with E-state index < -0.39 is 0 Å². The average Bonchev–Trinajstić information content (AvgIpc) is 1.76. The van der Waals surface area contributed by atoms with E-state index in [0.29, 0.717) is 0 Å². The molecule has 0 saturated heterocycles. The maximum Gasteiger partial charge on any atom is 0.175 e. The molecule has 0 aliphatic carbocycles. The molecule has 0 bridgehead atoms. The number of hydrogen-bond acceptors (Lipinski definition) is 3. The zero-order valence-corrected chi connectivity index (χ0v) is 4.63. The summed E-state index contributed by atoms with van der Waals surface area (Å²) in [7, 11) is 0. The number of nitrogens with one attached hydrogen (secondary N) is 1. The molecule has 0 aromatic carbocycles. The third-order valence-corrected chi connectivity index (χ3v) is 0.728. The van der Waals surface area contributed by atoms with Crippen LogP contribution >= 0.6 is 22.1 Å². The summed E-state index contributed by atoms with van der Waals surface area (Å²) in [5.74, 6) is 0. The summed E-state index contributed by atoms with van der Waals surface area (Å²) in [5.41, 5.74) is 0. The predicted octanol–water partition coefficient (Wildman–Crippen LogP) is 1.50. The van der Waals surface area contributed by atoms with E-state index in [-0.39, 0.29) is 9.90 Å². The van der Waals surface area contributed by atoms with Gasteiger partial charge in [-0.25, -0.2) is 0 Å². The van der Waals surface area contributed by atoms with E-state index in [2.05, 4.69) is 8.91 Å². The molecule has 1 heterocycles. The Morgan fingerprint density at radius 2 is 2.50 bits per heavy atom. The van der Waals surface area contributed by atoms with Crippen LogP contribution in [0.4, 0.5) is 0 Å². The van der Waals surface area contributed by atoms with Crippen molar-refractivity contribution in [3.8, 4) is 0 Å². The maximum absolute atomic E-state index is 4.57. The van der Waals surface area contributed by atoms with Crippen molar-refractivity contribution < 1.29 is 4.18 Å². The molecular formula is C2H3NOPS. The first kappa shape index (κ1) is 6.12. The molecule has 1 aliphatic rings. The SMILES string of the molecule is C1=COSN1.[P]. The van der Waals surface area contributed by atoms with Crippen LogP contribution in [0.15, 0.2) is 12.5 Å². The quantitative estimate of drug-likeness (QED) is 0.297. The van der Waals surface area contributed by atoms with E-state index in [1.807, 2.05) is 0 Å². The van der Waals surface area contributed by atoms with Crippen molar-refractivity contribution in [2.75, 3.05) is 0 Å². The van der Waals surface area contributed by atoms with Crippen molar-refractivity contribution in [1.82, 2.24) is 4.72 Å². The van der Waals surface area contributed by atoms with E-state index >= 15 is 0 Å². The normalized spacial score (nSPS) is 14.7. The fraction of sp³-hybridized carbons (Fsp3) is 0. The first-order chi connectivity index (χ1) is 2.50. The Bertz CT molecular complexity index is 51.5. The van der Waals surface area contributed by atoms with Crippen LogP contribution in [0.2, 0.25) is 0 Å². The zero-order valence-electron chi connectivity index (χ0n) is 2.92. The van der Waals surface area contributed by atoms with Gasteiger partial charge in [0.25, 0.3) is 0 Å². The predicted molar refractivity (Wildman–Crippen MR) is 27.9 cm³/mol. The van der Waals surface area contributed by atoms with Gasteiger partial charge in [-0.3, -0.25) is 0 Å². The molecule has 0 saturated carbocycles. The summed E-state index contributed by atoms with van der Waals surface area (Å²) in [6.07, 6.45) is 3.31. The zero-order chi connectivity index (χ0) is 3.54. The molecule has 0 fully saturated rings. The first-order valence-corrected chi connectivity index (χ1v) is 1.97. The standard InChI is InChI=1S/C2H3NOS.P/c1-2-4-5-3-1;/h1-3H;. The van der Waals surface area contributed by atoms with Crippen LogP contribution < -0.4 is 4.72 Å². The Labute approximate surface area is 44.3 Å². The van der Waals surface area contributed by atoms with E-state index in [0.717, 1.165) is 0 Å².